The average Bonchev–Trinajstić information content (AvgIpc) is 3.31. The lowest BCUT2D eigenvalue weighted by Crippen LogP contribution is -2.43. The van der Waals surface area contributed by atoms with Gasteiger partial charge in [-0.2, -0.15) is 5.26 Å². The van der Waals surface area contributed by atoms with E-state index in [1.54, 1.807) is 28.8 Å². The molecule has 9 heteroatoms. The number of benzene rings is 1. The molecule has 2 heterocycles. The first-order valence-corrected chi connectivity index (χ1v) is 10.2. The molecule has 3 rings (SSSR count). The molecule has 0 spiro atoms. The second-order valence-corrected chi connectivity index (χ2v) is 8.05. The number of hydrogen-bond acceptors (Lipinski definition) is 5. The number of nitrogens with one attached hydrogen (secondary N) is 2. The van der Waals surface area contributed by atoms with Crippen molar-refractivity contribution in [3.8, 4) is 11.8 Å². The summed E-state index contributed by atoms with van der Waals surface area (Å²) in [4.78, 5) is 37.4. The summed E-state index contributed by atoms with van der Waals surface area (Å²) >= 11 is 0. The predicted molar refractivity (Wildman–Crippen MR) is 114 cm³/mol. The Balaban J connectivity index is 1.98. The highest BCUT2D eigenvalue weighted by molar-refractivity contribution is 6.01. The number of amides is 3. The van der Waals surface area contributed by atoms with Crippen molar-refractivity contribution in [3.63, 3.8) is 0 Å². The zero-order valence-corrected chi connectivity index (χ0v) is 17.8. The normalized spacial score (nSPS) is 17.8. The van der Waals surface area contributed by atoms with Gasteiger partial charge in [0.05, 0.1) is 18.7 Å². The molecule has 0 aliphatic carbocycles. The number of primary amides is 1. The van der Waals surface area contributed by atoms with Gasteiger partial charge in [0, 0.05) is 17.8 Å². The summed E-state index contributed by atoms with van der Waals surface area (Å²) in [5.74, 6) is -1.15. The Morgan fingerprint density at radius 2 is 2.16 bits per heavy atom. The van der Waals surface area contributed by atoms with Gasteiger partial charge in [0.25, 0.3) is 5.91 Å². The topological polar surface area (TPSA) is 139 Å². The second-order valence-electron chi connectivity index (χ2n) is 8.05. The fourth-order valence-corrected chi connectivity index (χ4v) is 4.16. The molecule has 0 radical (unpaired) electrons. The van der Waals surface area contributed by atoms with Crippen LogP contribution in [-0.2, 0) is 9.59 Å². The maximum Gasteiger partial charge on any atom is 0.265 e. The Bertz CT molecular complexity index is 1050. The lowest BCUT2D eigenvalue weighted by atomic mass is 9.97. The average molecular weight is 425 g/mol. The molecule has 31 heavy (non-hydrogen) atoms. The van der Waals surface area contributed by atoms with Crippen LogP contribution in [0, 0.1) is 23.2 Å². The second kappa shape index (κ2) is 9.08. The standard InChI is InChI=1S/C22H27N5O4/c1-12(2)19(22(30)26-14(11-23)9-13-7-8-25-21(13)29)27-16-5-4-6-18(31-3)15(16)10-17(27)20(24)28/h4-6,10,12-14,19H,7-9H2,1-3H3,(H2,24,28)(H,25,29)(H,26,30)/t13-,14-,19-/m0/s1. The van der Waals surface area contributed by atoms with Crippen molar-refractivity contribution in [2.45, 2.75) is 38.8 Å². The van der Waals surface area contributed by atoms with E-state index in [-0.39, 0.29) is 29.9 Å². The van der Waals surface area contributed by atoms with Crippen LogP contribution in [0.2, 0.25) is 0 Å². The van der Waals surface area contributed by atoms with Crippen molar-refractivity contribution < 1.29 is 19.1 Å². The Morgan fingerprint density at radius 3 is 2.71 bits per heavy atom. The molecule has 1 fully saturated rings. The van der Waals surface area contributed by atoms with E-state index >= 15 is 0 Å². The van der Waals surface area contributed by atoms with Crippen molar-refractivity contribution >= 4 is 28.6 Å². The van der Waals surface area contributed by atoms with Crippen molar-refractivity contribution in [2.75, 3.05) is 13.7 Å². The van der Waals surface area contributed by atoms with Crippen molar-refractivity contribution in [3.05, 3.63) is 30.0 Å². The highest BCUT2D eigenvalue weighted by Gasteiger charge is 2.33. The summed E-state index contributed by atoms with van der Waals surface area (Å²) in [5.41, 5.74) is 6.44. The van der Waals surface area contributed by atoms with Crippen LogP contribution in [0.15, 0.2) is 24.3 Å². The van der Waals surface area contributed by atoms with Crippen LogP contribution in [0.3, 0.4) is 0 Å². The molecule has 3 amide bonds. The van der Waals surface area contributed by atoms with E-state index in [1.165, 1.54) is 7.11 Å². The molecule has 1 aromatic heterocycles. The summed E-state index contributed by atoms with van der Waals surface area (Å²) in [6.07, 6.45) is 0.871. The minimum absolute atomic E-state index is 0.102. The summed E-state index contributed by atoms with van der Waals surface area (Å²) in [5, 5.41) is 15.7. The SMILES string of the molecule is COc1cccc2c1cc(C(N)=O)n2[C@H](C(=O)N[C@H](C#N)C[C@@H]1CCNC1=O)C(C)C. The summed E-state index contributed by atoms with van der Waals surface area (Å²) in [6.45, 7) is 4.28. The number of rotatable bonds is 8. The number of aromatic nitrogens is 1. The van der Waals surface area contributed by atoms with Gasteiger partial charge in [-0.05, 0) is 37.0 Å². The first kappa shape index (κ1) is 22.2. The minimum Gasteiger partial charge on any atom is -0.496 e. The number of methoxy groups -OCH3 is 1. The van der Waals surface area contributed by atoms with Crippen LogP contribution < -0.4 is 21.1 Å². The van der Waals surface area contributed by atoms with Crippen LogP contribution in [0.25, 0.3) is 10.9 Å². The molecule has 2 aromatic rings. The fourth-order valence-electron chi connectivity index (χ4n) is 4.16. The predicted octanol–water partition coefficient (Wildman–Crippen LogP) is 1.48. The molecule has 164 valence electrons. The quantitative estimate of drug-likeness (QED) is 0.588. The molecular weight excluding hydrogens is 398 g/mol. The highest BCUT2D eigenvalue weighted by atomic mass is 16.5. The third kappa shape index (κ3) is 4.33. The molecule has 9 nitrogen and oxygen atoms in total. The third-order valence-electron chi connectivity index (χ3n) is 5.65. The summed E-state index contributed by atoms with van der Waals surface area (Å²) in [6, 6.07) is 7.41. The van der Waals surface area contributed by atoms with Gasteiger partial charge >= 0.3 is 0 Å². The fraction of sp³-hybridized carbons (Fsp3) is 0.455. The van der Waals surface area contributed by atoms with Crippen LogP contribution in [0.4, 0.5) is 0 Å². The molecule has 1 aromatic carbocycles. The Hall–Kier alpha value is -3.54. The van der Waals surface area contributed by atoms with Crippen LogP contribution >= 0.6 is 0 Å². The summed E-state index contributed by atoms with van der Waals surface area (Å²) < 4.78 is 7.00. The first-order chi connectivity index (χ1) is 14.8. The smallest absolute Gasteiger partial charge is 0.265 e. The molecule has 1 aliphatic rings. The number of nitriles is 1. The molecule has 1 saturated heterocycles. The maximum absolute atomic E-state index is 13.3. The molecule has 1 aliphatic heterocycles. The highest BCUT2D eigenvalue weighted by Crippen LogP contribution is 2.33. The number of nitrogens with two attached hydrogens (primary N) is 1. The minimum atomic E-state index is -0.823. The largest absolute Gasteiger partial charge is 0.496 e. The van der Waals surface area contributed by atoms with E-state index in [0.717, 1.165) is 0 Å². The van der Waals surface area contributed by atoms with Gasteiger partial charge in [-0.3, -0.25) is 14.4 Å². The first-order valence-electron chi connectivity index (χ1n) is 10.2. The lowest BCUT2D eigenvalue weighted by Gasteiger charge is -2.26. The van der Waals surface area contributed by atoms with Crippen molar-refractivity contribution in [2.24, 2.45) is 17.6 Å². The van der Waals surface area contributed by atoms with E-state index in [2.05, 4.69) is 16.7 Å². The van der Waals surface area contributed by atoms with Crippen LogP contribution in [-0.4, -0.2) is 42.0 Å². The van der Waals surface area contributed by atoms with Gasteiger partial charge in [-0.1, -0.05) is 19.9 Å². The van der Waals surface area contributed by atoms with Crippen LogP contribution in [0.5, 0.6) is 5.75 Å². The number of nitrogens with zero attached hydrogens (tertiary/aromatic N) is 2. The van der Waals surface area contributed by atoms with E-state index in [1.807, 2.05) is 13.8 Å². The molecule has 0 unspecified atom stereocenters. The number of carbonyl (C=O) groups is 3. The van der Waals surface area contributed by atoms with Gasteiger partial charge < -0.3 is 25.7 Å². The molecule has 3 atom stereocenters. The van der Waals surface area contributed by atoms with Gasteiger partial charge in [0.15, 0.2) is 0 Å². The molecular formula is C22H27N5O4. The van der Waals surface area contributed by atoms with Gasteiger partial charge in [0.2, 0.25) is 11.8 Å². The number of fused-ring (bicyclic) bond motifs is 1. The third-order valence-corrected chi connectivity index (χ3v) is 5.65. The Labute approximate surface area is 180 Å². The zero-order valence-electron chi connectivity index (χ0n) is 17.8. The maximum atomic E-state index is 13.3. The van der Waals surface area contributed by atoms with Crippen molar-refractivity contribution in [1.29, 1.82) is 5.26 Å². The molecule has 0 saturated carbocycles. The number of hydrogen-bond donors (Lipinski definition) is 3. The summed E-state index contributed by atoms with van der Waals surface area (Å²) in [7, 11) is 1.53. The van der Waals surface area contributed by atoms with E-state index in [4.69, 9.17) is 10.5 Å². The Morgan fingerprint density at radius 1 is 1.42 bits per heavy atom. The molecule has 0 bridgehead atoms. The van der Waals surface area contributed by atoms with Crippen molar-refractivity contribution in [1.82, 2.24) is 15.2 Å². The van der Waals surface area contributed by atoms with Gasteiger partial charge in [-0.25, -0.2) is 0 Å². The monoisotopic (exact) mass is 425 g/mol. The van der Waals surface area contributed by atoms with Gasteiger partial charge in [0.1, 0.15) is 23.5 Å². The van der Waals surface area contributed by atoms with Crippen LogP contribution in [0.1, 0.15) is 43.2 Å². The van der Waals surface area contributed by atoms with E-state index in [9.17, 15) is 19.6 Å². The lowest BCUT2D eigenvalue weighted by molar-refractivity contribution is -0.127. The molecule has 4 N–H and O–H groups in total. The number of ether oxygens (including phenoxy) is 1. The van der Waals surface area contributed by atoms with Gasteiger partial charge in [-0.15, -0.1) is 0 Å². The van der Waals surface area contributed by atoms with E-state index < -0.39 is 23.9 Å². The zero-order chi connectivity index (χ0) is 22.7. The van der Waals surface area contributed by atoms with E-state index in [0.29, 0.717) is 29.6 Å². The number of carbonyl (C=O) groups excluding carboxylic acids is 3. The Kier molecular flexibility index (Phi) is 6.49.